The molecule has 0 radical (unpaired) electrons. The van der Waals surface area contributed by atoms with Gasteiger partial charge in [0.1, 0.15) is 11.4 Å². The standard InChI is InChI=1S/C38H26N6/c1-25-35-21-27-9-13-31(35)33-15-11-29(23-37(33)43(25)3)41-19-7-8-20-42-30-12-16-34-32-14-10-28(40-18-6-5-17-39-27)22-36(32)26(2)44(4)38(34)24-30/h9-16,21-24,39-40H,1-4H3/p+2. The number of hydrogen-bond donors (Lipinski definition) is 2. The molecule has 44 heavy (non-hydrogen) atoms. The first kappa shape index (κ1) is 26.9. The van der Waals surface area contributed by atoms with Crippen molar-refractivity contribution >= 4 is 34.1 Å². The zero-order valence-electron chi connectivity index (χ0n) is 24.9. The Bertz CT molecular complexity index is 2460. The van der Waals surface area contributed by atoms with Crippen molar-refractivity contribution in [1.82, 2.24) is 0 Å². The molecule has 0 unspecified atom stereocenters. The highest BCUT2D eigenvalue weighted by atomic mass is 15.1. The largest absolute Gasteiger partial charge is 0.347 e. The normalized spacial score (nSPS) is 13.9. The molecule has 12 bridgehead atoms. The zero-order chi connectivity index (χ0) is 30.2. The molecule has 6 nitrogen and oxygen atoms in total. The van der Waals surface area contributed by atoms with Gasteiger partial charge in [-0.3, -0.25) is 0 Å². The number of benzene rings is 4. The van der Waals surface area contributed by atoms with E-state index in [-0.39, 0.29) is 0 Å². The molecule has 0 aromatic heterocycles. The molecule has 0 amide bonds. The highest BCUT2D eigenvalue weighted by Crippen LogP contribution is 2.22. The first-order valence-corrected chi connectivity index (χ1v) is 14.3. The van der Waals surface area contributed by atoms with Crippen LogP contribution in [0.15, 0.2) is 82.8 Å². The monoisotopic (exact) mass is 568 g/mol. The Morgan fingerprint density at radius 2 is 0.932 bits per heavy atom. The molecule has 0 aliphatic carbocycles. The highest BCUT2D eigenvalue weighted by molar-refractivity contribution is 5.71. The van der Waals surface area contributed by atoms with Crippen LogP contribution < -0.4 is 41.6 Å². The van der Waals surface area contributed by atoms with Crippen molar-refractivity contribution in [3.05, 3.63) is 115 Å². The van der Waals surface area contributed by atoms with Crippen molar-refractivity contribution in [1.29, 1.82) is 0 Å². The van der Waals surface area contributed by atoms with Crippen LogP contribution in [-0.2, 0) is 0 Å². The Kier molecular flexibility index (Phi) is 6.71. The van der Waals surface area contributed by atoms with Gasteiger partial charge in [0, 0.05) is 94.6 Å². The third-order valence-corrected chi connectivity index (χ3v) is 8.37. The van der Waals surface area contributed by atoms with Crippen molar-refractivity contribution in [2.24, 2.45) is 9.98 Å². The Labute approximate surface area is 254 Å². The first-order valence-electron chi connectivity index (χ1n) is 14.3. The Hall–Kier alpha value is -6.02. The number of nitrogens with zero attached hydrogens (tertiary/aromatic N) is 4. The summed E-state index contributed by atoms with van der Waals surface area (Å²) in [5, 5.41) is 12.4. The molecule has 0 spiro atoms. The maximum Gasteiger partial charge on any atom is 0.153 e. The molecular formula is C38H28N6+2. The van der Waals surface area contributed by atoms with Crippen molar-refractivity contribution in [2.45, 2.75) is 13.8 Å². The lowest BCUT2D eigenvalue weighted by atomic mass is 10.0. The van der Waals surface area contributed by atoms with E-state index in [0.29, 0.717) is 0 Å². The fourth-order valence-electron chi connectivity index (χ4n) is 5.84. The quantitative estimate of drug-likeness (QED) is 0.241. The molecule has 208 valence electrons. The van der Waals surface area contributed by atoms with Crippen LogP contribution in [0.3, 0.4) is 0 Å². The molecule has 12 aliphatic heterocycles. The molecule has 4 N–H and O–H groups in total. The van der Waals surface area contributed by atoms with E-state index in [9.17, 15) is 0 Å². The van der Waals surface area contributed by atoms with E-state index in [0.717, 1.165) is 55.3 Å². The second kappa shape index (κ2) is 11.0. The first-order chi connectivity index (χ1) is 21.5. The number of quaternary nitrogens is 2. The van der Waals surface area contributed by atoms with Crippen LogP contribution in [0.4, 0.5) is 22.7 Å². The maximum absolute atomic E-state index is 4.45. The zero-order valence-corrected chi connectivity index (χ0v) is 24.9. The third kappa shape index (κ3) is 4.78. The number of anilines is 2. The van der Waals surface area contributed by atoms with Crippen LogP contribution in [0.5, 0.6) is 0 Å². The molecule has 0 fully saturated rings. The van der Waals surface area contributed by atoms with E-state index < -0.39 is 0 Å². The Morgan fingerprint density at radius 3 is 1.39 bits per heavy atom. The summed E-state index contributed by atoms with van der Waals surface area (Å²) in [6.45, 7) is 4.26. The summed E-state index contributed by atoms with van der Waals surface area (Å²) in [6.07, 6.45) is 0. The van der Waals surface area contributed by atoms with Crippen LogP contribution in [-0.4, -0.2) is 14.1 Å². The lowest BCUT2D eigenvalue weighted by Gasteiger charge is -2.24. The minimum atomic E-state index is 0.779. The van der Waals surface area contributed by atoms with Crippen LogP contribution >= 0.6 is 0 Å². The fourth-order valence-corrected chi connectivity index (χ4v) is 5.84. The Morgan fingerprint density at radius 1 is 0.500 bits per heavy atom. The van der Waals surface area contributed by atoms with Crippen LogP contribution in [0.2, 0.25) is 0 Å². The van der Waals surface area contributed by atoms with Gasteiger partial charge in [-0.1, -0.05) is 12.1 Å². The lowest BCUT2D eigenvalue weighted by molar-refractivity contribution is -0.474. The summed E-state index contributed by atoms with van der Waals surface area (Å²) in [4.78, 5) is 13.3. The van der Waals surface area contributed by atoms with Gasteiger partial charge in [-0.2, -0.15) is 9.98 Å². The van der Waals surface area contributed by atoms with Gasteiger partial charge in [-0.25, -0.2) is 10.6 Å². The molecular weight excluding hydrogens is 540 g/mol. The predicted molar refractivity (Wildman–Crippen MR) is 172 cm³/mol. The van der Waals surface area contributed by atoms with E-state index in [2.05, 4.69) is 156 Å². The number of rotatable bonds is 0. The van der Waals surface area contributed by atoms with Crippen LogP contribution in [0.25, 0.3) is 11.4 Å². The summed E-state index contributed by atoms with van der Waals surface area (Å²) in [5.41, 5.74) is 6.56. The summed E-state index contributed by atoms with van der Waals surface area (Å²) in [7, 11) is 4.15. The average molecular weight is 569 g/mol. The van der Waals surface area contributed by atoms with Crippen molar-refractivity contribution < 1.29 is 10.6 Å². The summed E-state index contributed by atoms with van der Waals surface area (Å²) < 4.78 is 0. The molecule has 12 heterocycles. The summed E-state index contributed by atoms with van der Waals surface area (Å²) in [5.74, 6) is 11.6. The van der Waals surface area contributed by atoms with Crippen LogP contribution in [0, 0.1) is 68.7 Å². The van der Waals surface area contributed by atoms with Gasteiger partial charge < -0.3 is 9.80 Å². The molecule has 6 heteroatoms. The molecule has 4 aromatic carbocycles. The van der Waals surface area contributed by atoms with E-state index in [4.69, 9.17) is 0 Å². The summed E-state index contributed by atoms with van der Waals surface area (Å²) in [6, 6.07) is 37.1. The molecule has 4 aromatic rings. The highest BCUT2D eigenvalue weighted by Gasteiger charge is 2.14. The van der Waals surface area contributed by atoms with E-state index >= 15 is 0 Å². The number of hydrogen-bond acceptors (Lipinski definition) is 4. The van der Waals surface area contributed by atoms with Gasteiger partial charge in [0.15, 0.2) is 12.1 Å². The van der Waals surface area contributed by atoms with Gasteiger partial charge in [-0.05, 0) is 60.7 Å². The van der Waals surface area contributed by atoms with Crippen molar-refractivity contribution in [3.63, 3.8) is 0 Å². The summed E-state index contributed by atoms with van der Waals surface area (Å²) >= 11 is 0. The van der Waals surface area contributed by atoms with Gasteiger partial charge in [-0.15, -0.1) is 0 Å². The van der Waals surface area contributed by atoms with Gasteiger partial charge >= 0.3 is 0 Å². The minimum Gasteiger partial charge on any atom is -0.347 e. The molecule has 16 rings (SSSR count). The molecule has 0 saturated carbocycles. The van der Waals surface area contributed by atoms with Gasteiger partial charge in [0.25, 0.3) is 0 Å². The van der Waals surface area contributed by atoms with E-state index in [1.54, 1.807) is 0 Å². The van der Waals surface area contributed by atoms with Crippen molar-refractivity contribution in [3.8, 4) is 47.9 Å². The molecule has 0 atom stereocenters. The van der Waals surface area contributed by atoms with E-state index in [1.807, 2.05) is 22.8 Å². The fraction of sp³-hybridized carbons (Fsp3) is 0.105. The van der Waals surface area contributed by atoms with Gasteiger partial charge in [0.05, 0.1) is 33.9 Å². The smallest absolute Gasteiger partial charge is 0.153 e. The van der Waals surface area contributed by atoms with E-state index in [1.165, 1.54) is 20.9 Å². The predicted octanol–water partition coefficient (Wildman–Crippen LogP) is 0.603. The topological polar surface area (TPSA) is 64.4 Å². The molecule has 0 saturated heterocycles. The molecule has 12 aliphatic rings. The lowest BCUT2D eigenvalue weighted by Crippen LogP contribution is -2.72. The van der Waals surface area contributed by atoms with Gasteiger partial charge in [0.2, 0.25) is 0 Å². The number of nitrogens with two attached hydrogens (primary N) is 2. The maximum atomic E-state index is 4.45. The second-order valence-electron chi connectivity index (χ2n) is 10.8. The van der Waals surface area contributed by atoms with Crippen LogP contribution in [0.1, 0.15) is 13.8 Å². The minimum absolute atomic E-state index is 0.779. The second-order valence-corrected chi connectivity index (χ2v) is 10.8. The average Bonchev–Trinajstić information content (AvgIpc) is 3.05. The third-order valence-electron chi connectivity index (χ3n) is 8.37. The Balaban J connectivity index is 1.39. The van der Waals surface area contributed by atoms with Crippen molar-refractivity contribution in [2.75, 3.05) is 23.9 Å². The SMILES string of the molecule is CC1=c2cc3ccc2=c2ccc(cc2N1C)=NC#CC#CN=c1ccc2c(c1)N(C)C(C)=c1cc(ccc1=2)[NH2+]C#CC#C[NH2+]3.